The van der Waals surface area contributed by atoms with Crippen molar-refractivity contribution < 1.29 is 19.1 Å². The van der Waals surface area contributed by atoms with Crippen molar-refractivity contribution in [2.75, 3.05) is 53.0 Å². The summed E-state index contributed by atoms with van der Waals surface area (Å²) >= 11 is 0. The van der Waals surface area contributed by atoms with Gasteiger partial charge in [-0.1, -0.05) is 18.2 Å². The maximum atomic E-state index is 12.9. The van der Waals surface area contributed by atoms with Crippen molar-refractivity contribution in [1.29, 1.82) is 0 Å². The molecule has 28 heavy (non-hydrogen) atoms. The Morgan fingerprint density at radius 2 is 1.82 bits per heavy atom. The third-order valence-electron chi connectivity index (χ3n) is 5.64. The fourth-order valence-corrected chi connectivity index (χ4v) is 4.09. The van der Waals surface area contributed by atoms with Gasteiger partial charge in [-0.25, -0.2) is 4.79 Å². The predicted molar refractivity (Wildman–Crippen MR) is 106 cm³/mol. The fourth-order valence-electron chi connectivity index (χ4n) is 4.09. The highest BCUT2D eigenvalue weighted by atomic mass is 16.6. The number of para-hydroxylation sites is 1. The fraction of sp³-hybridized carbons (Fsp3) is 0.619. The predicted octanol–water partition coefficient (Wildman–Crippen LogP) is 2.00. The maximum Gasteiger partial charge on any atom is 0.409 e. The third kappa shape index (κ3) is 4.95. The molecule has 1 aromatic rings. The van der Waals surface area contributed by atoms with E-state index in [4.69, 9.17) is 9.47 Å². The number of piperazine rings is 1. The minimum Gasteiger partial charge on any atom is -0.496 e. The van der Waals surface area contributed by atoms with E-state index in [0.717, 1.165) is 50.3 Å². The molecule has 2 aliphatic rings. The number of carbonyl (C=O) groups is 2. The Kier molecular flexibility index (Phi) is 7.14. The van der Waals surface area contributed by atoms with Crippen LogP contribution in [0.5, 0.6) is 5.75 Å². The molecule has 2 amide bonds. The second-order valence-electron chi connectivity index (χ2n) is 7.35. The minimum atomic E-state index is -0.223. The number of hydrogen-bond donors (Lipinski definition) is 0. The van der Waals surface area contributed by atoms with Gasteiger partial charge in [0, 0.05) is 50.9 Å². The second-order valence-corrected chi connectivity index (χ2v) is 7.35. The SMILES string of the molecule is CCOC(=O)N1CCN(C2CCCN(C(=O)Cc3ccccc3OC)C2)CC1. The third-order valence-corrected chi connectivity index (χ3v) is 5.64. The number of benzene rings is 1. The van der Waals surface area contributed by atoms with E-state index in [1.54, 1.807) is 12.0 Å². The van der Waals surface area contributed by atoms with E-state index in [2.05, 4.69) is 4.90 Å². The zero-order valence-electron chi connectivity index (χ0n) is 16.9. The molecule has 2 heterocycles. The van der Waals surface area contributed by atoms with Gasteiger partial charge in [0.15, 0.2) is 0 Å². The molecule has 0 spiro atoms. The smallest absolute Gasteiger partial charge is 0.409 e. The van der Waals surface area contributed by atoms with E-state index in [1.165, 1.54) is 0 Å². The molecule has 2 saturated heterocycles. The monoisotopic (exact) mass is 389 g/mol. The van der Waals surface area contributed by atoms with Gasteiger partial charge in [0.1, 0.15) is 5.75 Å². The van der Waals surface area contributed by atoms with E-state index in [9.17, 15) is 9.59 Å². The van der Waals surface area contributed by atoms with Crippen molar-refractivity contribution in [1.82, 2.24) is 14.7 Å². The number of rotatable bonds is 5. The van der Waals surface area contributed by atoms with Crippen LogP contribution in [-0.4, -0.2) is 85.7 Å². The number of piperidine rings is 1. The van der Waals surface area contributed by atoms with Crippen LogP contribution in [0, 0.1) is 0 Å². The van der Waals surface area contributed by atoms with Crippen LogP contribution in [0.25, 0.3) is 0 Å². The lowest BCUT2D eigenvalue weighted by Gasteiger charge is -2.43. The molecular weight excluding hydrogens is 358 g/mol. The van der Waals surface area contributed by atoms with Crippen LogP contribution < -0.4 is 4.74 Å². The van der Waals surface area contributed by atoms with Crippen molar-refractivity contribution >= 4 is 12.0 Å². The Bertz CT molecular complexity index is 673. The zero-order valence-corrected chi connectivity index (χ0v) is 16.9. The van der Waals surface area contributed by atoms with Crippen molar-refractivity contribution in [3.63, 3.8) is 0 Å². The highest BCUT2D eigenvalue weighted by molar-refractivity contribution is 5.79. The molecule has 0 bridgehead atoms. The molecular formula is C21H31N3O4. The van der Waals surface area contributed by atoms with Crippen LogP contribution in [0.4, 0.5) is 4.79 Å². The quantitative estimate of drug-likeness (QED) is 0.771. The van der Waals surface area contributed by atoms with Crippen molar-refractivity contribution in [2.45, 2.75) is 32.2 Å². The summed E-state index contributed by atoms with van der Waals surface area (Å²) in [6, 6.07) is 8.06. The molecule has 7 heteroatoms. The molecule has 1 atom stereocenters. The Morgan fingerprint density at radius 1 is 1.07 bits per heavy atom. The molecule has 1 unspecified atom stereocenters. The van der Waals surface area contributed by atoms with Gasteiger partial charge < -0.3 is 19.3 Å². The van der Waals surface area contributed by atoms with Crippen molar-refractivity contribution in [3.05, 3.63) is 29.8 Å². The van der Waals surface area contributed by atoms with Crippen LogP contribution in [0.1, 0.15) is 25.3 Å². The molecule has 0 aliphatic carbocycles. The van der Waals surface area contributed by atoms with E-state index in [-0.39, 0.29) is 12.0 Å². The first-order chi connectivity index (χ1) is 13.6. The first kappa shape index (κ1) is 20.5. The first-order valence-corrected chi connectivity index (χ1v) is 10.2. The van der Waals surface area contributed by atoms with E-state index in [0.29, 0.717) is 32.2 Å². The van der Waals surface area contributed by atoms with Gasteiger partial charge in [0.05, 0.1) is 20.1 Å². The second kappa shape index (κ2) is 9.78. The summed E-state index contributed by atoms with van der Waals surface area (Å²) in [6.07, 6.45) is 2.26. The van der Waals surface area contributed by atoms with Gasteiger partial charge in [-0.15, -0.1) is 0 Å². The summed E-state index contributed by atoms with van der Waals surface area (Å²) in [5, 5.41) is 0. The van der Waals surface area contributed by atoms with Crippen LogP contribution in [0.15, 0.2) is 24.3 Å². The molecule has 2 fully saturated rings. The molecule has 1 aromatic carbocycles. The Balaban J connectivity index is 1.53. The van der Waals surface area contributed by atoms with Gasteiger partial charge in [-0.2, -0.15) is 0 Å². The number of ether oxygens (including phenoxy) is 2. The Hall–Kier alpha value is -2.28. The summed E-state index contributed by atoms with van der Waals surface area (Å²) in [6.45, 7) is 6.84. The van der Waals surface area contributed by atoms with Gasteiger partial charge in [-0.3, -0.25) is 9.69 Å². The number of nitrogens with zero attached hydrogens (tertiary/aromatic N) is 3. The molecule has 0 N–H and O–H groups in total. The highest BCUT2D eigenvalue weighted by Crippen LogP contribution is 2.22. The molecule has 154 valence electrons. The molecule has 2 aliphatic heterocycles. The summed E-state index contributed by atoms with van der Waals surface area (Å²) in [5.74, 6) is 0.916. The van der Waals surface area contributed by atoms with Gasteiger partial charge in [0.2, 0.25) is 5.91 Å². The normalized spacial score (nSPS) is 20.7. The van der Waals surface area contributed by atoms with Crippen LogP contribution in [0.3, 0.4) is 0 Å². The van der Waals surface area contributed by atoms with Crippen molar-refractivity contribution in [2.24, 2.45) is 0 Å². The van der Waals surface area contributed by atoms with Gasteiger partial charge in [0.25, 0.3) is 0 Å². The van der Waals surface area contributed by atoms with E-state index >= 15 is 0 Å². The number of hydrogen-bond acceptors (Lipinski definition) is 5. The number of carbonyl (C=O) groups excluding carboxylic acids is 2. The number of amides is 2. The minimum absolute atomic E-state index is 0.152. The molecule has 3 rings (SSSR count). The van der Waals surface area contributed by atoms with Gasteiger partial charge >= 0.3 is 6.09 Å². The Labute approximate surface area is 167 Å². The summed E-state index contributed by atoms with van der Waals surface area (Å²) in [4.78, 5) is 30.9. The average Bonchev–Trinajstić information content (AvgIpc) is 2.74. The number of methoxy groups -OCH3 is 1. The van der Waals surface area contributed by atoms with Crippen molar-refractivity contribution in [3.8, 4) is 5.75 Å². The largest absolute Gasteiger partial charge is 0.496 e. The topological polar surface area (TPSA) is 62.3 Å². The molecule has 7 nitrogen and oxygen atoms in total. The van der Waals surface area contributed by atoms with Crippen LogP contribution in [-0.2, 0) is 16.0 Å². The number of likely N-dealkylation sites (tertiary alicyclic amines) is 1. The summed E-state index contributed by atoms with van der Waals surface area (Å²) < 4.78 is 10.5. The van der Waals surface area contributed by atoms with Gasteiger partial charge in [-0.05, 0) is 25.8 Å². The van der Waals surface area contributed by atoms with Crippen LogP contribution >= 0.6 is 0 Å². The van der Waals surface area contributed by atoms with E-state index < -0.39 is 0 Å². The lowest BCUT2D eigenvalue weighted by molar-refractivity contribution is -0.132. The molecule has 0 saturated carbocycles. The lowest BCUT2D eigenvalue weighted by atomic mass is 10.0. The maximum absolute atomic E-state index is 12.9. The summed E-state index contributed by atoms with van der Waals surface area (Å²) in [7, 11) is 1.64. The summed E-state index contributed by atoms with van der Waals surface area (Å²) in [5.41, 5.74) is 0.931. The standard InChI is InChI=1S/C21H31N3O4/c1-3-28-21(26)23-13-11-22(12-14-23)18-8-6-10-24(16-18)20(25)15-17-7-4-5-9-19(17)27-2/h4-5,7,9,18H,3,6,8,10-16H2,1-2H3. The highest BCUT2D eigenvalue weighted by Gasteiger charge is 2.31. The molecule has 0 radical (unpaired) electrons. The van der Waals surface area contributed by atoms with E-state index in [1.807, 2.05) is 36.1 Å². The van der Waals surface area contributed by atoms with Crippen LogP contribution in [0.2, 0.25) is 0 Å². The lowest BCUT2D eigenvalue weighted by Crippen LogP contribution is -2.56. The molecule has 0 aromatic heterocycles. The average molecular weight is 389 g/mol. The first-order valence-electron chi connectivity index (χ1n) is 10.2. The zero-order chi connectivity index (χ0) is 19.9. The Morgan fingerprint density at radius 3 is 2.54 bits per heavy atom.